The molecule has 43 heavy (non-hydrogen) atoms. The van der Waals surface area contributed by atoms with Gasteiger partial charge in [-0.15, -0.1) is 0 Å². The van der Waals surface area contributed by atoms with Crippen molar-refractivity contribution >= 4 is 49.4 Å². The molecule has 1 heteroatoms. The average molecular weight is 555 g/mol. The Morgan fingerprint density at radius 3 is 1.53 bits per heavy atom. The Morgan fingerprint density at radius 2 is 0.907 bits per heavy atom. The molecule has 0 radical (unpaired) electrons. The van der Waals surface area contributed by atoms with Crippen molar-refractivity contribution in [1.29, 1.82) is 0 Å². The smallest absolute Gasteiger partial charge is 0.0645 e. The summed E-state index contributed by atoms with van der Waals surface area (Å²) in [4.78, 5) is 1.80. The van der Waals surface area contributed by atoms with E-state index in [1.54, 1.807) is 4.90 Å². The lowest BCUT2D eigenvalue weighted by Crippen LogP contribution is -2.10. The first-order valence-corrected chi connectivity index (χ1v) is 14.2. The minimum atomic E-state index is -0.485. The molecule has 0 heterocycles. The van der Waals surface area contributed by atoms with E-state index in [9.17, 15) is 1.37 Å². The standard InChI is InChI=1S/C42H29N/c1-4-22-37-30(12-1)15-9-25-39(37)33-18-7-20-35(28-33)43(42-27-11-17-32-14-3-6-24-41(32)42)36-21-8-19-34(29-36)40-26-10-16-31-13-2-5-23-38(31)40/h1-29H/i3D,6D,11D,14D,17D,24D,27D. The molecule has 0 aliphatic carbocycles. The van der Waals surface area contributed by atoms with Gasteiger partial charge in [-0.2, -0.15) is 0 Å². The van der Waals surface area contributed by atoms with Crippen molar-refractivity contribution in [2.24, 2.45) is 0 Å². The van der Waals surface area contributed by atoms with Gasteiger partial charge in [-0.05, 0) is 79.5 Å². The van der Waals surface area contributed by atoms with Gasteiger partial charge in [-0.25, -0.2) is 0 Å². The molecule has 8 aromatic rings. The van der Waals surface area contributed by atoms with Crippen LogP contribution in [0, 0.1) is 0 Å². The highest BCUT2D eigenvalue weighted by Gasteiger charge is 2.17. The maximum atomic E-state index is 9.29. The number of rotatable bonds is 5. The van der Waals surface area contributed by atoms with Crippen LogP contribution < -0.4 is 4.90 Å². The summed E-state index contributed by atoms with van der Waals surface area (Å²) in [5.41, 5.74) is 5.21. The van der Waals surface area contributed by atoms with Gasteiger partial charge in [0.2, 0.25) is 0 Å². The second-order valence-corrected chi connectivity index (χ2v) is 10.5. The van der Waals surface area contributed by atoms with Crippen molar-refractivity contribution in [3.8, 4) is 22.3 Å². The molecular weight excluding hydrogens is 518 g/mol. The number of nitrogens with zero attached hydrogens (tertiary/aromatic N) is 1. The maximum Gasteiger partial charge on any atom is 0.0645 e. The Morgan fingerprint density at radius 1 is 0.395 bits per heavy atom. The predicted octanol–water partition coefficient (Wildman–Crippen LogP) is 11.9. The van der Waals surface area contributed by atoms with Crippen LogP contribution in [0.3, 0.4) is 0 Å². The first kappa shape index (κ1) is 18.7. The molecule has 0 bridgehead atoms. The van der Waals surface area contributed by atoms with Gasteiger partial charge in [0, 0.05) is 16.8 Å². The van der Waals surface area contributed by atoms with Gasteiger partial charge in [-0.3, -0.25) is 0 Å². The molecule has 8 aromatic carbocycles. The van der Waals surface area contributed by atoms with Gasteiger partial charge in [0.15, 0.2) is 0 Å². The second-order valence-electron chi connectivity index (χ2n) is 10.5. The third-order valence-corrected chi connectivity index (χ3v) is 7.93. The van der Waals surface area contributed by atoms with E-state index in [0.717, 1.165) is 43.8 Å². The lowest BCUT2D eigenvalue weighted by molar-refractivity contribution is 1.30. The van der Waals surface area contributed by atoms with Crippen molar-refractivity contribution in [2.75, 3.05) is 4.90 Å². The van der Waals surface area contributed by atoms with Crippen LogP contribution in [-0.4, -0.2) is 0 Å². The summed E-state index contributed by atoms with van der Waals surface area (Å²) in [6, 6.07) is 41.4. The van der Waals surface area contributed by atoms with Crippen LogP contribution in [0.15, 0.2) is 176 Å². The zero-order valence-corrected chi connectivity index (χ0v) is 23.1. The van der Waals surface area contributed by atoms with Crippen LogP contribution in [0.2, 0.25) is 0 Å². The highest BCUT2D eigenvalue weighted by Crippen LogP contribution is 2.42. The zero-order chi connectivity index (χ0) is 34.7. The Balaban J connectivity index is 1.45. The van der Waals surface area contributed by atoms with E-state index in [1.165, 1.54) is 0 Å². The van der Waals surface area contributed by atoms with E-state index in [-0.39, 0.29) is 28.5 Å². The van der Waals surface area contributed by atoms with Crippen LogP contribution in [0.5, 0.6) is 0 Å². The Hall–Kier alpha value is -5.66. The molecule has 202 valence electrons. The van der Waals surface area contributed by atoms with Gasteiger partial charge in [0.05, 0.1) is 15.3 Å². The summed E-state index contributed by atoms with van der Waals surface area (Å²) < 4.78 is 61.6. The van der Waals surface area contributed by atoms with E-state index in [2.05, 4.69) is 48.5 Å². The summed E-state index contributed by atoms with van der Waals surface area (Å²) in [5, 5.41) is 4.26. The van der Waals surface area contributed by atoms with Crippen molar-refractivity contribution in [3.05, 3.63) is 176 Å². The number of fused-ring (bicyclic) bond motifs is 3. The van der Waals surface area contributed by atoms with Crippen LogP contribution >= 0.6 is 0 Å². The first-order chi connectivity index (χ1) is 24.2. The third kappa shape index (κ3) is 4.52. The zero-order valence-electron chi connectivity index (χ0n) is 30.1. The molecule has 0 unspecified atom stereocenters. The Bertz CT molecular complexity index is 2510. The van der Waals surface area contributed by atoms with Crippen LogP contribution in [0.1, 0.15) is 9.60 Å². The molecule has 0 spiro atoms. The molecule has 0 N–H and O–H groups in total. The SMILES string of the molecule is [2H]c1c([2H])c([2H])c2c(N(c3cccc(-c4cccc5ccccc45)c3)c3cccc(-c4cccc5ccccc45)c3)c([2H])c([2H])c([2H])c2c1[2H]. The summed E-state index contributed by atoms with van der Waals surface area (Å²) in [6.45, 7) is 0. The lowest BCUT2D eigenvalue weighted by atomic mass is 9.96. The Labute approximate surface area is 261 Å². The van der Waals surface area contributed by atoms with Gasteiger partial charge in [0.1, 0.15) is 0 Å². The molecular formula is C42H29N. The minimum Gasteiger partial charge on any atom is -0.310 e. The lowest BCUT2D eigenvalue weighted by Gasteiger charge is -2.28. The molecule has 0 fully saturated rings. The summed E-state index contributed by atoms with van der Waals surface area (Å²) in [6.07, 6.45) is 0. The second kappa shape index (κ2) is 10.6. The van der Waals surface area contributed by atoms with Gasteiger partial charge < -0.3 is 4.90 Å². The summed E-state index contributed by atoms with van der Waals surface area (Å²) >= 11 is 0. The van der Waals surface area contributed by atoms with Gasteiger partial charge >= 0.3 is 0 Å². The molecule has 8 rings (SSSR count). The number of hydrogen-bond acceptors (Lipinski definition) is 1. The topological polar surface area (TPSA) is 3.24 Å². The van der Waals surface area contributed by atoms with E-state index in [4.69, 9.17) is 8.22 Å². The van der Waals surface area contributed by atoms with E-state index < -0.39 is 30.2 Å². The van der Waals surface area contributed by atoms with Crippen molar-refractivity contribution in [3.63, 3.8) is 0 Å². The molecule has 0 aliphatic rings. The van der Waals surface area contributed by atoms with E-state index in [1.807, 2.05) is 84.9 Å². The van der Waals surface area contributed by atoms with E-state index >= 15 is 0 Å². The number of anilines is 3. The maximum absolute atomic E-state index is 9.29. The molecule has 0 saturated heterocycles. The first-order valence-electron chi connectivity index (χ1n) is 17.7. The monoisotopic (exact) mass is 554 g/mol. The summed E-state index contributed by atoms with van der Waals surface area (Å²) in [7, 11) is 0. The minimum absolute atomic E-state index is 0.0214. The Kier molecular flexibility index (Phi) is 4.63. The quantitative estimate of drug-likeness (QED) is 0.204. The van der Waals surface area contributed by atoms with E-state index in [0.29, 0.717) is 11.4 Å². The van der Waals surface area contributed by atoms with Crippen LogP contribution in [0.4, 0.5) is 17.1 Å². The average Bonchev–Trinajstić information content (AvgIpc) is 3.16. The largest absolute Gasteiger partial charge is 0.310 e. The fraction of sp³-hybridized carbons (Fsp3) is 0. The summed E-state index contributed by atoms with van der Waals surface area (Å²) in [5.74, 6) is 0. The highest BCUT2D eigenvalue weighted by molar-refractivity contribution is 6.02. The number of hydrogen-bond donors (Lipinski definition) is 0. The van der Waals surface area contributed by atoms with Crippen LogP contribution in [0.25, 0.3) is 54.6 Å². The fourth-order valence-electron chi connectivity index (χ4n) is 5.95. The molecule has 0 saturated carbocycles. The molecule has 0 amide bonds. The normalized spacial score (nSPS) is 13.5. The molecule has 0 atom stereocenters. The molecule has 0 aliphatic heterocycles. The van der Waals surface area contributed by atoms with Gasteiger partial charge in [0.25, 0.3) is 0 Å². The van der Waals surface area contributed by atoms with Crippen LogP contribution in [-0.2, 0) is 0 Å². The molecule has 0 aromatic heterocycles. The third-order valence-electron chi connectivity index (χ3n) is 7.93. The fourth-order valence-corrected chi connectivity index (χ4v) is 5.95. The number of benzene rings is 8. The highest BCUT2D eigenvalue weighted by atomic mass is 15.1. The van der Waals surface area contributed by atoms with Crippen molar-refractivity contribution in [1.82, 2.24) is 0 Å². The predicted molar refractivity (Wildman–Crippen MR) is 185 cm³/mol. The van der Waals surface area contributed by atoms with Crippen molar-refractivity contribution in [2.45, 2.75) is 0 Å². The van der Waals surface area contributed by atoms with Gasteiger partial charge in [-0.1, -0.05) is 145 Å². The van der Waals surface area contributed by atoms with Crippen molar-refractivity contribution < 1.29 is 9.60 Å². The molecule has 1 nitrogen and oxygen atoms in total.